The number of carbonyl (C=O) groups excluding carboxylic acids is 1. The van der Waals surface area contributed by atoms with E-state index in [9.17, 15) is 9.59 Å². The maximum Gasteiger partial charge on any atom is 0.338 e. The van der Waals surface area contributed by atoms with E-state index in [2.05, 4.69) is 10.3 Å². The molecule has 3 rings (SSSR count). The van der Waals surface area contributed by atoms with Crippen molar-refractivity contribution in [2.24, 2.45) is 0 Å². The standard InChI is InChI=1S/C15H10N2O3S/c18-13(17-14-11(15(19)20)6-8-21-14)10-3-1-5-12-9(10)4-2-7-16-12/h1-8H,(H,17,18)(H,19,20). The van der Waals surface area contributed by atoms with Gasteiger partial charge in [0, 0.05) is 17.1 Å². The third kappa shape index (κ3) is 2.48. The summed E-state index contributed by atoms with van der Waals surface area (Å²) in [7, 11) is 0. The quantitative estimate of drug-likeness (QED) is 0.778. The first-order valence-corrected chi connectivity index (χ1v) is 7.00. The average molecular weight is 298 g/mol. The largest absolute Gasteiger partial charge is 0.478 e. The highest BCUT2D eigenvalue weighted by Crippen LogP contribution is 2.25. The van der Waals surface area contributed by atoms with E-state index in [4.69, 9.17) is 5.11 Å². The number of hydrogen-bond donors (Lipinski definition) is 2. The number of carboxylic acid groups (broad SMARTS) is 1. The second-order valence-electron chi connectivity index (χ2n) is 4.30. The van der Waals surface area contributed by atoms with Crippen molar-refractivity contribution in [3.05, 3.63) is 59.1 Å². The summed E-state index contributed by atoms with van der Waals surface area (Å²) in [5.74, 6) is -1.41. The topological polar surface area (TPSA) is 79.3 Å². The number of amides is 1. The van der Waals surface area contributed by atoms with Gasteiger partial charge < -0.3 is 10.4 Å². The molecule has 21 heavy (non-hydrogen) atoms. The molecule has 1 aromatic carbocycles. The minimum atomic E-state index is -1.06. The summed E-state index contributed by atoms with van der Waals surface area (Å²) in [5, 5.41) is 14.4. The Balaban J connectivity index is 1.98. The number of carboxylic acids is 1. The van der Waals surface area contributed by atoms with Crippen molar-refractivity contribution in [2.75, 3.05) is 5.32 Å². The predicted molar refractivity (Wildman–Crippen MR) is 81.0 cm³/mol. The maximum absolute atomic E-state index is 12.4. The van der Waals surface area contributed by atoms with E-state index in [0.29, 0.717) is 10.6 Å². The Labute approximate surface area is 123 Å². The molecule has 0 aliphatic carbocycles. The number of thiophene rings is 1. The van der Waals surface area contributed by atoms with Crippen LogP contribution in [0.3, 0.4) is 0 Å². The zero-order valence-corrected chi connectivity index (χ0v) is 11.6. The SMILES string of the molecule is O=C(O)c1ccsc1NC(=O)c1cccc2ncccc12. The number of carbonyl (C=O) groups is 2. The molecule has 1 amide bonds. The number of nitrogens with zero attached hydrogens (tertiary/aromatic N) is 1. The summed E-state index contributed by atoms with van der Waals surface area (Å²) in [6.45, 7) is 0. The van der Waals surface area contributed by atoms with Crippen LogP contribution in [0.2, 0.25) is 0 Å². The van der Waals surface area contributed by atoms with Crippen LogP contribution in [-0.4, -0.2) is 22.0 Å². The van der Waals surface area contributed by atoms with Gasteiger partial charge in [0.25, 0.3) is 5.91 Å². The number of nitrogens with one attached hydrogen (secondary N) is 1. The smallest absolute Gasteiger partial charge is 0.338 e. The molecular formula is C15H10N2O3S. The van der Waals surface area contributed by atoms with Crippen molar-refractivity contribution >= 4 is 39.1 Å². The zero-order chi connectivity index (χ0) is 14.8. The van der Waals surface area contributed by atoms with Crippen LogP contribution in [0, 0.1) is 0 Å². The van der Waals surface area contributed by atoms with E-state index >= 15 is 0 Å². The highest BCUT2D eigenvalue weighted by atomic mass is 32.1. The molecule has 0 bridgehead atoms. The molecule has 0 atom stereocenters. The number of anilines is 1. The summed E-state index contributed by atoms with van der Waals surface area (Å²) in [6, 6.07) is 10.3. The normalized spacial score (nSPS) is 10.5. The Bertz CT molecular complexity index is 836. The van der Waals surface area contributed by atoms with Crippen LogP contribution in [0.5, 0.6) is 0 Å². The van der Waals surface area contributed by atoms with Crippen LogP contribution >= 0.6 is 11.3 Å². The van der Waals surface area contributed by atoms with E-state index in [0.717, 1.165) is 10.9 Å². The van der Waals surface area contributed by atoms with Crippen LogP contribution in [0.4, 0.5) is 5.00 Å². The van der Waals surface area contributed by atoms with Crippen molar-refractivity contribution in [1.82, 2.24) is 4.98 Å². The number of aromatic nitrogens is 1. The number of aromatic carboxylic acids is 1. The van der Waals surface area contributed by atoms with Crippen molar-refractivity contribution < 1.29 is 14.7 Å². The zero-order valence-electron chi connectivity index (χ0n) is 10.7. The molecular weight excluding hydrogens is 288 g/mol. The fourth-order valence-corrected chi connectivity index (χ4v) is 2.82. The molecule has 2 N–H and O–H groups in total. The van der Waals surface area contributed by atoms with Gasteiger partial charge in [-0.25, -0.2) is 4.79 Å². The molecule has 0 saturated heterocycles. The maximum atomic E-state index is 12.4. The molecule has 0 unspecified atom stereocenters. The Morgan fingerprint density at radius 1 is 1.10 bits per heavy atom. The van der Waals surface area contributed by atoms with Gasteiger partial charge in [-0.3, -0.25) is 9.78 Å². The minimum Gasteiger partial charge on any atom is -0.478 e. The van der Waals surface area contributed by atoms with Crippen LogP contribution in [0.15, 0.2) is 48.0 Å². The molecule has 0 aliphatic heterocycles. The lowest BCUT2D eigenvalue weighted by Crippen LogP contribution is -2.13. The summed E-state index contributed by atoms with van der Waals surface area (Å²) < 4.78 is 0. The van der Waals surface area contributed by atoms with Gasteiger partial charge in [-0.1, -0.05) is 12.1 Å². The molecule has 0 radical (unpaired) electrons. The molecule has 0 spiro atoms. The van der Waals surface area contributed by atoms with Crippen molar-refractivity contribution in [3.8, 4) is 0 Å². The third-order valence-corrected chi connectivity index (χ3v) is 3.84. The van der Waals surface area contributed by atoms with E-state index in [1.165, 1.54) is 17.4 Å². The minimum absolute atomic E-state index is 0.0895. The molecule has 5 nitrogen and oxygen atoms in total. The second-order valence-corrected chi connectivity index (χ2v) is 5.21. The molecule has 0 aliphatic rings. The Morgan fingerprint density at radius 3 is 2.76 bits per heavy atom. The molecule has 6 heteroatoms. The molecule has 104 valence electrons. The van der Waals surface area contributed by atoms with Gasteiger partial charge in [-0.2, -0.15) is 0 Å². The third-order valence-electron chi connectivity index (χ3n) is 3.01. The Hall–Kier alpha value is -2.73. The number of benzene rings is 1. The first-order valence-electron chi connectivity index (χ1n) is 6.12. The van der Waals surface area contributed by atoms with Crippen LogP contribution < -0.4 is 5.32 Å². The molecule has 0 saturated carbocycles. The molecule has 2 heterocycles. The molecule has 2 aromatic heterocycles. The van der Waals surface area contributed by atoms with Crippen LogP contribution in [-0.2, 0) is 0 Å². The van der Waals surface area contributed by atoms with Crippen molar-refractivity contribution in [2.45, 2.75) is 0 Å². The van der Waals surface area contributed by atoms with Gasteiger partial charge in [0.05, 0.1) is 11.1 Å². The summed E-state index contributed by atoms with van der Waals surface area (Å²) in [5.41, 5.74) is 1.27. The fourth-order valence-electron chi connectivity index (χ4n) is 2.05. The summed E-state index contributed by atoms with van der Waals surface area (Å²) >= 11 is 1.18. The van der Waals surface area contributed by atoms with Gasteiger partial charge in [-0.15, -0.1) is 11.3 Å². The summed E-state index contributed by atoms with van der Waals surface area (Å²) in [4.78, 5) is 27.6. The number of pyridine rings is 1. The predicted octanol–water partition coefficient (Wildman–Crippen LogP) is 3.25. The van der Waals surface area contributed by atoms with Gasteiger partial charge in [0.2, 0.25) is 0 Å². The highest BCUT2D eigenvalue weighted by molar-refractivity contribution is 7.14. The Morgan fingerprint density at radius 2 is 1.95 bits per heavy atom. The van der Waals surface area contributed by atoms with Crippen molar-refractivity contribution in [3.63, 3.8) is 0 Å². The summed E-state index contributed by atoms with van der Waals surface area (Å²) in [6.07, 6.45) is 1.66. The van der Waals surface area contributed by atoms with Crippen LogP contribution in [0.25, 0.3) is 10.9 Å². The van der Waals surface area contributed by atoms with Gasteiger partial charge in [0.15, 0.2) is 0 Å². The number of hydrogen-bond acceptors (Lipinski definition) is 4. The van der Waals surface area contributed by atoms with E-state index in [1.807, 2.05) is 12.1 Å². The van der Waals surface area contributed by atoms with E-state index in [1.54, 1.807) is 29.8 Å². The molecule has 3 aromatic rings. The van der Waals surface area contributed by atoms with E-state index < -0.39 is 5.97 Å². The van der Waals surface area contributed by atoms with E-state index in [-0.39, 0.29) is 11.5 Å². The molecule has 0 fully saturated rings. The number of fused-ring (bicyclic) bond motifs is 1. The van der Waals surface area contributed by atoms with Crippen molar-refractivity contribution in [1.29, 1.82) is 0 Å². The Kier molecular flexibility index (Phi) is 3.37. The average Bonchev–Trinajstić information content (AvgIpc) is 2.95. The first kappa shape index (κ1) is 13.3. The van der Waals surface area contributed by atoms with Gasteiger partial charge in [0.1, 0.15) is 5.00 Å². The lowest BCUT2D eigenvalue weighted by atomic mass is 10.1. The fraction of sp³-hybridized carbons (Fsp3) is 0. The van der Waals surface area contributed by atoms with Gasteiger partial charge >= 0.3 is 5.97 Å². The van der Waals surface area contributed by atoms with Gasteiger partial charge in [-0.05, 0) is 29.6 Å². The second kappa shape index (κ2) is 5.34. The highest BCUT2D eigenvalue weighted by Gasteiger charge is 2.16. The lowest BCUT2D eigenvalue weighted by molar-refractivity contribution is 0.0698. The monoisotopic (exact) mass is 298 g/mol. The lowest BCUT2D eigenvalue weighted by Gasteiger charge is -2.07. The first-order chi connectivity index (χ1) is 10.2. The number of rotatable bonds is 3. The van der Waals surface area contributed by atoms with Crippen LogP contribution in [0.1, 0.15) is 20.7 Å².